The van der Waals surface area contributed by atoms with Crippen molar-refractivity contribution >= 4 is 86.3 Å². The lowest BCUT2D eigenvalue weighted by Gasteiger charge is -2.28. The highest BCUT2D eigenvalue weighted by Gasteiger charge is 2.34. The monoisotopic (exact) mass is 507 g/mol. The lowest BCUT2D eigenvalue weighted by atomic mass is 10.1. The molecule has 1 aromatic carbocycles. The number of rotatable bonds is 5. The number of benzene rings is 1. The first-order valence-corrected chi connectivity index (χ1v) is 9.39. The molecular formula is C14H17Cl3IN3OS. The topological polar surface area (TPSA) is 53.2 Å². The van der Waals surface area contributed by atoms with E-state index < -0.39 is 9.96 Å². The van der Waals surface area contributed by atoms with E-state index in [2.05, 4.69) is 38.5 Å². The van der Waals surface area contributed by atoms with Crippen LogP contribution in [0.4, 0.5) is 5.69 Å². The van der Waals surface area contributed by atoms with Gasteiger partial charge in [-0.3, -0.25) is 4.79 Å². The SMILES string of the molecule is CC(C)CC(=O)N[C@H](NC(=S)Nc1ccc(I)cc1)C(Cl)(Cl)Cl. The second-order valence-corrected chi connectivity index (χ2v) is 9.27. The Balaban J connectivity index is 2.67. The van der Waals surface area contributed by atoms with Gasteiger partial charge in [-0.1, -0.05) is 48.7 Å². The molecule has 1 aromatic rings. The predicted octanol–water partition coefficient (Wildman–Crippen LogP) is 4.44. The standard InChI is InChI=1S/C14H17Cl3IN3OS/c1-8(2)7-11(22)20-12(14(15,16)17)21-13(23)19-10-5-3-9(18)4-6-10/h3-6,8,12H,7H2,1-2H3,(H,20,22)(H2,19,21,23)/t12-/m1/s1. The van der Waals surface area contributed by atoms with Gasteiger partial charge in [0.25, 0.3) is 0 Å². The predicted molar refractivity (Wildman–Crippen MR) is 110 cm³/mol. The van der Waals surface area contributed by atoms with E-state index in [0.717, 1.165) is 9.26 Å². The molecule has 0 aliphatic rings. The van der Waals surface area contributed by atoms with Gasteiger partial charge in [0.05, 0.1) is 0 Å². The Morgan fingerprint density at radius 3 is 2.26 bits per heavy atom. The third-order valence-corrected chi connectivity index (χ3v) is 4.20. The quantitative estimate of drug-likeness (QED) is 0.238. The van der Waals surface area contributed by atoms with Crippen molar-refractivity contribution in [3.05, 3.63) is 27.8 Å². The molecule has 0 aliphatic heterocycles. The maximum Gasteiger partial charge on any atom is 0.228 e. The zero-order chi connectivity index (χ0) is 17.6. The summed E-state index contributed by atoms with van der Waals surface area (Å²) in [4.78, 5) is 11.9. The van der Waals surface area contributed by atoms with Crippen LogP contribution in [0.2, 0.25) is 0 Å². The normalized spacial score (nSPS) is 12.7. The summed E-state index contributed by atoms with van der Waals surface area (Å²) in [5.74, 6) is -0.0243. The Bertz CT molecular complexity index is 549. The summed E-state index contributed by atoms with van der Waals surface area (Å²) in [5, 5.41) is 8.67. The van der Waals surface area contributed by atoms with Crippen molar-refractivity contribution in [3.8, 4) is 0 Å². The maximum absolute atomic E-state index is 11.9. The molecule has 9 heteroatoms. The molecular weight excluding hydrogens is 492 g/mol. The summed E-state index contributed by atoms with van der Waals surface area (Å²) in [6, 6.07) is 7.61. The summed E-state index contributed by atoms with van der Waals surface area (Å²) in [7, 11) is 0. The Morgan fingerprint density at radius 2 is 1.78 bits per heavy atom. The number of carbonyl (C=O) groups is 1. The molecule has 0 unspecified atom stereocenters. The van der Waals surface area contributed by atoms with Crippen molar-refractivity contribution in [1.82, 2.24) is 10.6 Å². The maximum atomic E-state index is 11.9. The Labute approximate surface area is 170 Å². The van der Waals surface area contributed by atoms with Crippen LogP contribution in [0, 0.1) is 9.49 Å². The van der Waals surface area contributed by atoms with Gasteiger partial charge in [0.1, 0.15) is 6.17 Å². The van der Waals surface area contributed by atoms with Crippen LogP contribution in [0.5, 0.6) is 0 Å². The molecule has 4 nitrogen and oxygen atoms in total. The van der Waals surface area contributed by atoms with E-state index in [1.165, 1.54) is 0 Å². The Hall–Kier alpha value is -0.0200. The van der Waals surface area contributed by atoms with Crippen LogP contribution in [0.15, 0.2) is 24.3 Å². The number of nitrogens with one attached hydrogen (secondary N) is 3. The fraction of sp³-hybridized carbons (Fsp3) is 0.429. The molecule has 0 radical (unpaired) electrons. The van der Waals surface area contributed by atoms with Crippen molar-refractivity contribution < 1.29 is 4.79 Å². The fourth-order valence-corrected chi connectivity index (χ4v) is 2.54. The molecule has 0 bridgehead atoms. The molecule has 1 atom stereocenters. The summed E-state index contributed by atoms with van der Waals surface area (Å²) in [6.07, 6.45) is -0.612. The highest BCUT2D eigenvalue weighted by atomic mass is 127. The Morgan fingerprint density at radius 1 is 1.22 bits per heavy atom. The van der Waals surface area contributed by atoms with Crippen LogP contribution in [0.1, 0.15) is 20.3 Å². The van der Waals surface area contributed by atoms with Crippen LogP contribution in [0.3, 0.4) is 0 Å². The van der Waals surface area contributed by atoms with Gasteiger partial charge in [0, 0.05) is 15.7 Å². The van der Waals surface area contributed by atoms with Gasteiger partial charge in [-0.15, -0.1) is 0 Å². The van der Waals surface area contributed by atoms with E-state index in [4.69, 9.17) is 47.0 Å². The van der Waals surface area contributed by atoms with Crippen molar-refractivity contribution in [2.75, 3.05) is 5.32 Å². The highest BCUT2D eigenvalue weighted by molar-refractivity contribution is 14.1. The molecule has 0 aliphatic carbocycles. The molecule has 1 rings (SSSR count). The number of carbonyl (C=O) groups excluding carboxylic acids is 1. The minimum atomic E-state index is -1.75. The molecule has 128 valence electrons. The van der Waals surface area contributed by atoms with Crippen molar-refractivity contribution in [3.63, 3.8) is 0 Å². The molecule has 0 fully saturated rings. The number of hydrogen-bond acceptors (Lipinski definition) is 2. The van der Waals surface area contributed by atoms with Crippen molar-refractivity contribution in [2.24, 2.45) is 5.92 Å². The Kier molecular flexibility index (Phi) is 8.65. The van der Waals surface area contributed by atoms with Gasteiger partial charge in [-0.25, -0.2) is 0 Å². The summed E-state index contributed by atoms with van der Waals surface area (Å²) >= 11 is 25.1. The zero-order valence-electron chi connectivity index (χ0n) is 12.5. The lowest BCUT2D eigenvalue weighted by Crippen LogP contribution is -2.56. The smallest absolute Gasteiger partial charge is 0.228 e. The van der Waals surface area contributed by atoms with Gasteiger partial charge in [-0.05, 0) is 65.0 Å². The first-order valence-electron chi connectivity index (χ1n) is 6.77. The average molecular weight is 509 g/mol. The number of alkyl halides is 3. The van der Waals surface area contributed by atoms with Crippen LogP contribution in [-0.2, 0) is 4.79 Å². The van der Waals surface area contributed by atoms with E-state index >= 15 is 0 Å². The van der Waals surface area contributed by atoms with Crippen LogP contribution in [0.25, 0.3) is 0 Å². The van der Waals surface area contributed by atoms with E-state index in [1.807, 2.05) is 38.1 Å². The van der Waals surface area contributed by atoms with Crippen LogP contribution >= 0.6 is 69.6 Å². The summed E-state index contributed by atoms with van der Waals surface area (Å²) in [5.41, 5.74) is 0.791. The van der Waals surface area contributed by atoms with Crippen LogP contribution in [-0.4, -0.2) is 21.0 Å². The third-order valence-electron chi connectivity index (χ3n) is 2.60. The first-order chi connectivity index (χ1) is 10.6. The number of thiocarbonyl (C=S) groups is 1. The van der Waals surface area contributed by atoms with Gasteiger partial charge < -0.3 is 16.0 Å². The number of anilines is 1. The van der Waals surface area contributed by atoms with Crippen molar-refractivity contribution in [2.45, 2.75) is 30.2 Å². The van der Waals surface area contributed by atoms with Gasteiger partial charge in [0.15, 0.2) is 5.11 Å². The van der Waals surface area contributed by atoms with Gasteiger partial charge in [-0.2, -0.15) is 0 Å². The highest BCUT2D eigenvalue weighted by Crippen LogP contribution is 2.29. The summed E-state index contributed by atoms with van der Waals surface area (Å²) in [6.45, 7) is 3.86. The molecule has 0 aromatic heterocycles. The molecule has 3 N–H and O–H groups in total. The number of amides is 1. The minimum absolute atomic E-state index is 0.197. The van der Waals surface area contributed by atoms with E-state index in [-0.39, 0.29) is 16.9 Å². The first kappa shape index (κ1) is 21.0. The van der Waals surface area contributed by atoms with E-state index in [0.29, 0.717) is 6.42 Å². The minimum Gasteiger partial charge on any atom is -0.339 e. The van der Waals surface area contributed by atoms with E-state index in [1.54, 1.807) is 0 Å². The average Bonchev–Trinajstić information content (AvgIpc) is 2.38. The van der Waals surface area contributed by atoms with Gasteiger partial charge in [0.2, 0.25) is 9.70 Å². The molecule has 0 saturated heterocycles. The molecule has 0 spiro atoms. The third kappa shape index (κ3) is 8.58. The van der Waals surface area contributed by atoms with E-state index in [9.17, 15) is 4.79 Å². The molecule has 0 heterocycles. The largest absolute Gasteiger partial charge is 0.339 e. The lowest BCUT2D eigenvalue weighted by molar-refractivity contribution is -0.122. The summed E-state index contributed by atoms with van der Waals surface area (Å²) < 4.78 is -0.642. The van der Waals surface area contributed by atoms with Crippen molar-refractivity contribution in [1.29, 1.82) is 0 Å². The second kappa shape index (κ2) is 9.46. The number of hydrogen-bond donors (Lipinski definition) is 3. The molecule has 1 amide bonds. The second-order valence-electron chi connectivity index (χ2n) is 5.25. The molecule has 23 heavy (non-hydrogen) atoms. The van der Waals surface area contributed by atoms with Crippen LogP contribution < -0.4 is 16.0 Å². The van der Waals surface area contributed by atoms with Gasteiger partial charge >= 0.3 is 0 Å². The molecule has 0 saturated carbocycles. The fourth-order valence-electron chi connectivity index (χ4n) is 1.62. The zero-order valence-corrected chi connectivity index (χ0v) is 17.7. The number of halogens is 4.